The highest BCUT2D eigenvalue weighted by Crippen LogP contribution is 2.29. The number of carbonyl (C=O) groups excluding carboxylic acids is 1. The van der Waals surface area contributed by atoms with Crippen molar-refractivity contribution in [1.82, 2.24) is 9.97 Å². The molecule has 0 unspecified atom stereocenters. The molecule has 0 aliphatic carbocycles. The quantitative estimate of drug-likeness (QED) is 0.668. The molecule has 0 atom stereocenters. The summed E-state index contributed by atoms with van der Waals surface area (Å²) >= 11 is 0. The number of nitrogens with zero attached hydrogens (tertiary/aromatic N) is 3. The molecule has 6 heteroatoms. The van der Waals surface area contributed by atoms with Crippen LogP contribution in [0, 0.1) is 17.6 Å². The van der Waals surface area contributed by atoms with Crippen LogP contribution in [0.3, 0.4) is 0 Å². The second-order valence-electron chi connectivity index (χ2n) is 6.47. The maximum absolute atomic E-state index is 13.9. The highest BCUT2D eigenvalue weighted by molar-refractivity contribution is 5.98. The van der Waals surface area contributed by atoms with E-state index >= 15 is 0 Å². The van der Waals surface area contributed by atoms with Crippen molar-refractivity contribution in [3.63, 3.8) is 0 Å². The third kappa shape index (κ3) is 3.03. The number of carbonyl (C=O) groups is 1. The number of anilines is 1. The minimum Gasteiger partial charge on any atom is -0.356 e. The number of aromatic nitrogens is 2. The Balaban J connectivity index is 1.51. The summed E-state index contributed by atoms with van der Waals surface area (Å²) < 4.78 is 27.0. The van der Waals surface area contributed by atoms with E-state index < -0.39 is 0 Å². The number of Topliss-reactive ketones (excluding diaryl/α,β-unsaturated/α-hetero) is 1. The molecule has 0 radical (unpaired) electrons. The first kappa shape index (κ1) is 16.6. The molecule has 1 fully saturated rings. The Kier molecular flexibility index (Phi) is 4.32. The molecule has 4 nitrogen and oxygen atoms in total. The third-order valence-electron chi connectivity index (χ3n) is 4.89. The minimum absolute atomic E-state index is 0.0447. The van der Waals surface area contributed by atoms with Gasteiger partial charge in [-0.2, -0.15) is 0 Å². The van der Waals surface area contributed by atoms with Crippen LogP contribution in [0.1, 0.15) is 23.2 Å². The van der Waals surface area contributed by atoms with Crippen LogP contribution in [0.5, 0.6) is 0 Å². The molecule has 0 N–H and O–H groups in total. The molecule has 0 amide bonds. The standard InChI is InChI=1S/C20H17F2N3O/c21-15-6-4-13(5-7-15)19(26)14-8-10-25(11-9-14)20-16-2-1-3-17(22)18(16)23-12-24-20/h1-7,12,14H,8-11H2. The molecule has 1 aliphatic heterocycles. The van der Waals surface area contributed by atoms with Gasteiger partial charge in [0.1, 0.15) is 29.3 Å². The largest absolute Gasteiger partial charge is 0.356 e. The van der Waals surface area contributed by atoms with Gasteiger partial charge in [0.25, 0.3) is 0 Å². The molecule has 2 heterocycles. The summed E-state index contributed by atoms with van der Waals surface area (Å²) in [6.07, 6.45) is 2.73. The van der Waals surface area contributed by atoms with Crippen molar-refractivity contribution in [3.05, 3.63) is 66.0 Å². The van der Waals surface area contributed by atoms with Crippen molar-refractivity contribution >= 4 is 22.5 Å². The Morgan fingerprint density at radius 1 is 1.00 bits per heavy atom. The van der Waals surface area contributed by atoms with E-state index in [1.54, 1.807) is 6.07 Å². The van der Waals surface area contributed by atoms with E-state index in [1.807, 2.05) is 6.07 Å². The monoisotopic (exact) mass is 353 g/mol. The van der Waals surface area contributed by atoms with Gasteiger partial charge in [-0.1, -0.05) is 6.07 Å². The molecule has 0 bridgehead atoms. The van der Waals surface area contributed by atoms with Crippen LogP contribution in [0.2, 0.25) is 0 Å². The molecule has 26 heavy (non-hydrogen) atoms. The van der Waals surface area contributed by atoms with Gasteiger partial charge in [-0.25, -0.2) is 18.7 Å². The zero-order valence-electron chi connectivity index (χ0n) is 14.0. The van der Waals surface area contributed by atoms with Gasteiger partial charge in [-0.3, -0.25) is 4.79 Å². The van der Waals surface area contributed by atoms with E-state index in [4.69, 9.17) is 0 Å². The normalized spacial score (nSPS) is 15.4. The summed E-state index contributed by atoms with van der Waals surface area (Å²) in [7, 11) is 0. The van der Waals surface area contributed by atoms with Gasteiger partial charge in [-0.15, -0.1) is 0 Å². The van der Waals surface area contributed by atoms with Crippen molar-refractivity contribution in [3.8, 4) is 0 Å². The van der Waals surface area contributed by atoms with Crippen LogP contribution in [0.4, 0.5) is 14.6 Å². The summed E-state index contributed by atoms with van der Waals surface area (Å²) in [5.41, 5.74) is 0.849. The highest BCUT2D eigenvalue weighted by Gasteiger charge is 2.27. The zero-order valence-corrected chi connectivity index (χ0v) is 14.0. The highest BCUT2D eigenvalue weighted by atomic mass is 19.1. The lowest BCUT2D eigenvalue weighted by Crippen LogP contribution is -2.37. The summed E-state index contributed by atoms with van der Waals surface area (Å²) in [5, 5.41) is 0.677. The van der Waals surface area contributed by atoms with E-state index in [9.17, 15) is 13.6 Å². The number of benzene rings is 2. The fourth-order valence-electron chi connectivity index (χ4n) is 3.49. The van der Waals surface area contributed by atoms with Crippen LogP contribution in [-0.4, -0.2) is 28.8 Å². The molecule has 0 saturated carbocycles. The van der Waals surface area contributed by atoms with Crippen LogP contribution in [-0.2, 0) is 0 Å². The van der Waals surface area contributed by atoms with E-state index in [0.29, 0.717) is 48.2 Å². The summed E-state index contributed by atoms with van der Waals surface area (Å²) in [6, 6.07) is 10.5. The number of hydrogen-bond acceptors (Lipinski definition) is 4. The Morgan fingerprint density at radius 2 is 1.73 bits per heavy atom. The number of hydrogen-bond donors (Lipinski definition) is 0. The predicted molar refractivity (Wildman–Crippen MR) is 95.2 cm³/mol. The van der Waals surface area contributed by atoms with E-state index in [0.717, 1.165) is 0 Å². The lowest BCUT2D eigenvalue weighted by Gasteiger charge is -2.32. The molecule has 3 aromatic rings. The van der Waals surface area contributed by atoms with Gasteiger partial charge in [0.05, 0.1) is 0 Å². The lowest BCUT2D eigenvalue weighted by molar-refractivity contribution is 0.0900. The predicted octanol–water partition coefficient (Wildman–Crippen LogP) is 4.01. The molecule has 1 aromatic heterocycles. The third-order valence-corrected chi connectivity index (χ3v) is 4.89. The maximum Gasteiger partial charge on any atom is 0.166 e. The van der Waals surface area contributed by atoms with E-state index in [2.05, 4.69) is 14.9 Å². The maximum atomic E-state index is 13.9. The van der Waals surface area contributed by atoms with Gasteiger partial charge < -0.3 is 4.90 Å². The SMILES string of the molecule is O=C(c1ccc(F)cc1)C1CCN(c2ncnc3c(F)cccc23)CC1. The lowest BCUT2D eigenvalue weighted by atomic mass is 9.89. The molecular weight excluding hydrogens is 336 g/mol. The van der Waals surface area contributed by atoms with E-state index in [-0.39, 0.29) is 23.3 Å². The first-order valence-electron chi connectivity index (χ1n) is 8.57. The first-order valence-corrected chi connectivity index (χ1v) is 8.57. The van der Waals surface area contributed by atoms with Crippen LogP contribution in [0.25, 0.3) is 10.9 Å². The smallest absolute Gasteiger partial charge is 0.166 e. The van der Waals surface area contributed by atoms with Crippen molar-refractivity contribution in [1.29, 1.82) is 0 Å². The molecular formula is C20H17F2N3O. The Bertz CT molecular complexity index is 951. The number of para-hydroxylation sites is 1. The summed E-state index contributed by atoms with van der Waals surface area (Å²) in [5.74, 6) is -0.0706. The number of halogens is 2. The number of ketones is 1. The van der Waals surface area contributed by atoms with Gasteiger partial charge in [0.15, 0.2) is 5.78 Å². The van der Waals surface area contributed by atoms with Crippen molar-refractivity contribution in [2.24, 2.45) is 5.92 Å². The Hall–Kier alpha value is -2.89. The van der Waals surface area contributed by atoms with Crippen LogP contribution < -0.4 is 4.90 Å². The zero-order chi connectivity index (χ0) is 18.1. The first-order chi connectivity index (χ1) is 12.6. The fraction of sp³-hybridized carbons (Fsp3) is 0.250. The average molecular weight is 353 g/mol. The van der Waals surface area contributed by atoms with Crippen molar-refractivity contribution < 1.29 is 13.6 Å². The Morgan fingerprint density at radius 3 is 2.46 bits per heavy atom. The molecule has 132 valence electrons. The fourth-order valence-corrected chi connectivity index (χ4v) is 3.49. The Labute approximate surface area is 149 Å². The van der Waals surface area contributed by atoms with Crippen molar-refractivity contribution in [2.45, 2.75) is 12.8 Å². The van der Waals surface area contributed by atoms with Gasteiger partial charge in [-0.05, 0) is 49.2 Å². The number of piperidine rings is 1. The number of rotatable bonds is 3. The second-order valence-corrected chi connectivity index (χ2v) is 6.47. The summed E-state index contributed by atoms with van der Waals surface area (Å²) in [6.45, 7) is 1.31. The average Bonchev–Trinajstić information content (AvgIpc) is 2.68. The summed E-state index contributed by atoms with van der Waals surface area (Å²) in [4.78, 5) is 23.0. The van der Waals surface area contributed by atoms with Crippen LogP contribution >= 0.6 is 0 Å². The molecule has 0 spiro atoms. The van der Waals surface area contributed by atoms with E-state index in [1.165, 1.54) is 36.7 Å². The topological polar surface area (TPSA) is 46.1 Å². The van der Waals surface area contributed by atoms with Gasteiger partial charge in [0.2, 0.25) is 0 Å². The minimum atomic E-state index is -0.368. The van der Waals surface area contributed by atoms with Crippen LogP contribution in [0.15, 0.2) is 48.8 Å². The molecule has 4 rings (SSSR count). The van der Waals surface area contributed by atoms with Gasteiger partial charge >= 0.3 is 0 Å². The second kappa shape index (κ2) is 6.78. The molecule has 1 aliphatic rings. The molecule has 2 aromatic carbocycles. The van der Waals surface area contributed by atoms with Gasteiger partial charge in [0, 0.05) is 30.0 Å². The number of fused-ring (bicyclic) bond motifs is 1. The molecule has 1 saturated heterocycles. The van der Waals surface area contributed by atoms with Crippen molar-refractivity contribution in [2.75, 3.05) is 18.0 Å².